The van der Waals surface area contributed by atoms with E-state index in [0.29, 0.717) is 0 Å². The summed E-state index contributed by atoms with van der Waals surface area (Å²) < 4.78 is 53.8. The Kier molecular flexibility index (Phi) is 4.61. The minimum absolute atomic E-state index is 0. The van der Waals surface area contributed by atoms with Gasteiger partial charge in [-0.15, -0.1) is 0 Å². The van der Waals surface area contributed by atoms with Gasteiger partial charge in [0.25, 0.3) is 0 Å². The van der Waals surface area contributed by atoms with E-state index in [1.54, 1.807) is 0 Å². The number of nitrogens with zero attached hydrogens (tertiary/aromatic N) is 1. The number of thiazole rings is 1. The number of rotatable bonds is 1. The van der Waals surface area contributed by atoms with Gasteiger partial charge in [-0.05, 0) is 0 Å². The SMILES string of the molecule is O=S(O)c1cnc(C(F)(F)F)s1.[H-].[Li+]. The summed E-state index contributed by atoms with van der Waals surface area (Å²) in [6, 6.07) is 0. The van der Waals surface area contributed by atoms with Crippen LogP contribution in [0.15, 0.2) is 10.4 Å². The normalized spacial score (nSPS) is 13.5. The summed E-state index contributed by atoms with van der Waals surface area (Å²) in [7, 11) is 0. The summed E-state index contributed by atoms with van der Waals surface area (Å²) in [5.41, 5.74) is 0. The first kappa shape index (κ1) is 13.1. The molecule has 70 valence electrons. The van der Waals surface area contributed by atoms with Gasteiger partial charge in [-0.3, -0.25) is 0 Å². The zero-order valence-corrected chi connectivity index (χ0v) is 7.96. The Morgan fingerprint density at radius 1 is 1.62 bits per heavy atom. The minimum Gasteiger partial charge on any atom is -1.00 e. The summed E-state index contributed by atoms with van der Waals surface area (Å²) in [6.07, 6.45) is -3.80. The van der Waals surface area contributed by atoms with Crippen LogP contribution in [0.1, 0.15) is 6.43 Å². The molecule has 0 spiro atoms. The van der Waals surface area contributed by atoms with Crippen LogP contribution in [0.5, 0.6) is 0 Å². The van der Waals surface area contributed by atoms with Gasteiger partial charge in [0.1, 0.15) is 4.21 Å². The molecule has 1 heterocycles. The fourth-order valence-electron chi connectivity index (χ4n) is 0.471. The molecule has 0 aliphatic rings. The second kappa shape index (κ2) is 4.57. The molecular formula is C4H3F3LiNO2S2. The van der Waals surface area contributed by atoms with Crippen LogP contribution < -0.4 is 18.9 Å². The molecule has 0 saturated heterocycles. The molecule has 1 aromatic heterocycles. The molecule has 0 amide bonds. The Morgan fingerprint density at radius 3 is 2.38 bits per heavy atom. The standard InChI is InChI=1S/C4H2F3NO2S2.Li.H/c5-4(6,7)3-8-1-2(11-3)12(9)10;;/h1H,(H,9,10);;/q;+1;-1. The predicted octanol–water partition coefficient (Wildman–Crippen LogP) is -1.14. The first-order valence-electron chi connectivity index (χ1n) is 2.55. The van der Waals surface area contributed by atoms with Gasteiger partial charge < -0.3 is 5.98 Å². The van der Waals surface area contributed by atoms with Gasteiger partial charge in [0, 0.05) is 0 Å². The summed E-state index contributed by atoms with van der Waals surface area (Å²) in [5.74, 6) is 0. The average Bonchev–Trinajstić information content (AvgIpc) is 2.30. The molecular weight excluding hydrogens is 222 g/mol. The van der Waals surface area contributed by atoms with Crippen LogP contribution in [0.3, 0.4) is 0 Å². The number of alkyl halides is 3. The van der Waals surface area contributed by atoms with E-state index in [2.05, 4.69) is 4.98 Å². The number of aromatic nitrogens is 1. The molecule has 0 saturated carbocycles. The molecule has 1 rings (SSSR count). The molecule has 1 N–H and O–H groups in total. The third kappa shape index (κ3) is 3.40. The summed E-state index contributed by atoms with van der Waals surface area (Å²) in [5, 5.41) is -1.11. The molecule has 0 bridgehead atoms. The summed E-state index contributed by atoms with van der Waals surface area (Å²) in [4.78, 5) is 2.95. The van der Waals surface area contributed by atoms with Crippen molar-refractivity contribution < 1.29 is 42.2 Å². The maximum atomic E-state index is 11.8. The quantitative estimate of drug-likeness (QED) is 0.485. The van der Waals surface area contributed by atoms with Crippen molar-refractivity contribution in [3.8, 4) is 0 Å². The van der Waals surface area contributed by atoms with Crippen LogP contribution in [0.2, 0.25) is 0 Å². The van der Waals surface area contributed by atoms with Crippen LogP contribution in [-0.4, -0.2) is 13.7 Å². The van der Waals surface area contributed by atoms with E-state index in [1.165, 1.54) is 0 Å². The van der Waals surface area contributed by atoms with Crippen LogP contribution >= 0.6 is 11.3 Å². The molecule has 0 radical (unpaired) electrons. The van der Waals surface area contributed by atoms with Crippen LogP contribution in [0, 0.1) is 0 Å². The molecule has 0 aliphatic heterocycles. The zero-order chi connectivity index (χ0) is 9.35. The van der Waals surface area contributed by atoms with Gasteiger partial charge in [-0.1, -0.05) is 11.3 Å². The van der Waals surface area contributed by atoms with Crippen molar-refractivity contribution >= 4 is 22.4 Å². The van der Waals surface area contributed by atoms with Gasteiger partial charge >= 0.3 is 25.0 Å². The summed E-state index contributed by atoms with van der Waals surface area (Å²) >= 11 is -2.23. The maximum Gasteiger partial charge on any atom is 1.00 e. The molecule has 1 unspecified atom stereocenters. The first-order valence-corrected chi connectivity index (χ1v) is 4.47. The third-order valence-electron chi connectivity index (χ3n) is 0.899. The number of halogens is 3. The smallest absolute Gasteiger partial charge is 1.00 e. The van der Waals surface area contributed by atoms with Gasteiger partial charge in [-0.25, -0.2) is 9.19 Å². The van der Waals surface area contributed by atoms with Crippen molar-refractivity contribution in [1.82, 2.24) is 4.98 Å². The van der Waals surface area contributed by atoms with Crippen molar-refractivity contribution in [2.45, 2.75) is 10.4 Å². The second-order valence-electron chi connectivity index (χ2n) is 1.73. The van der Waals surface area contributed by atoms with Crippen molar-refractivity contribution in [1.29, 1.82) is 0 Å². The van der Waals surface area contributed by atoms with Crippen LogP contribution in [0.25, 0.3) is 0 Å². The fraction of sp³-hybridized carbons (Fsp3) is 0.250. The van der Waals surface area contributed by atoms with Gasteiger partial charge in [0.2, 0.25) is 0 Å². The second-order valence-corrected chi connectivity index (χ2v) is 3.96. The van der Waals surface area contributed by atoms with Crippen molar-refractivity contribution in [3.05, 3.63) is 11.2 Å². The number of hydrogen-bond donors (Lipinski definition) is 1. The van der Waals surface area contributed by atoms with E-state index in [4.69, 9.17) is 4.55 Å². The van der Waals surface area contributed by atoms with E-state index < -0.39 is 22.3 Å². The largest absolute Gasteiger partial charge is 1.00 e. The first-order chi connectivity index (χ1) is 5.41. The number of hydrogen-bond acceptors (Lipinski definition) is 3. The van der Waals surface area contributed by atoms with Gasteiger partial charge in [0.15, 0.2) is 16.1 Å². The van der Waals surface area contributed by atoms with Crippen LogP contribution in [-0.2, 0) is 17.3 Å². The molecule has 0 fully saturated rings. The molecule has 0 aromatic carbocycles. The van der Waals surface area contributed by atoms with Crippen molar-refractivity contribution in [2.75, 3.05) is 0 Å². The maximum absolute atomic E-state index is 11.8. The van der Waals surface area contributed by atoms with E-state index in [1.807, 2.05) is 0 Å². The summed E-state index contributed by atoms with van der Waals surface area (Å²) in [6.45, 7) is 0. The van der Waals surface area contributed by atoms with Crippen LogP contribution in [0.4, 0.5) is 13.2 Å². The fourth-order valence-corrected chi connectivity index (χ4v) is 1.65. The topological polar surface area (TPSA) is 50.2 Å². The Balaban J connectivity index is 0. The van der Waals surface area contributed by atoms with Gasteiger partial charge in [0.05, 0.1) is 6.20 Å². The Morgan fingerprint density at radius 2 is 2.15 bits per heavy atom. The van der Waals surface area contributed by atoms with E-state index >= 15 is 0 Å². The third-order valence-corrected chi connectivity index (χ3v) is 2.86. The monoisotopic (exact) mass is 225 g/mol. The minimum atomic E-state index is -4.54. The molecule has 1 atom stereocenters. The molecule has 0 aliphatic carbocycles. The molecule has 13 heavy (non-hydrogen) atoms. The van der Waals surface area contributed by atoms with Gasteiger partial charge in [-0.2, -0.15) is 13.2 Å². The molecule has 9 heteroatoms. The van der Waals surface area contributed by atoms with E-state index in [-0.39, 0.29) is 35.8 Å². The zero-order valence-electron chi connectivity index (χ0n) is 7.33. The Labute approximate surface area is 91.3 Å². The van der Waals surface area contributed by atoms with Crippen molar-refractivity contribution in [2.24, 2.45) is 0 Å². The molecule has 1 aromatic rings. The predicted molar refractivity (Wildman–Crippen MR) is 37.3 cm³/mol. The van der Waals surface area contributed by atoms with Crippen molar-refractivity contribution in [3.63, 3.8) is 0 Å². The van der Waals surface area contributed by atoms with E-state index in [0.717, 1.165) is 6.20 Å². The average molecular weight is 225 g/mol. The van der Waals surface area contributed by atoms with E-state index in [9.17, 15) is 17.4 Å². The Hall–Kier alpha value is 0.127. The molecule has 3 nitrogen and oxygen atoms in total. The Bertz CT molecular complexity index is 318.